The second-order valence-corrected chi connectivity index (χ2v) is 8.82. The Balaban J connectivity index is 1.30. The largest absolute Gasteiger partial charge is 0.421 e. The molecule has 190 valence electrons. The van der Waals surface area contributed by atoms with Crippen LogP contribution in [0.4, 0.5) is 33.7 Å². The molecule has 4 rings (SSSR count). The lowest BCUT2D eigenvalue weighted by atomic mass is 10.1. The Labute approximate surface area is 196 Å². The standard InChI is InChI=1S/C21H24F5N7O2/c1-20(22,23)13-10-27-19(28-11-13)33-6-4-32(5-7-33)18(35)12-2-3-14(8-12)29-16-9-15(21(24,25)26)17(34)31-30-16/h9-12,14H,2-8H2,1H3,(H,29,30)(H,31,34)/t12-,14+/m0/s1. The van der Waals surface area contributed by atoms with Gasteiger partial charge in [0, 0.05) is 63.5 Å². The molecule has 2 fully saturated rings. The number of hydrogen-bond donors (Lipinski definition) is 2. The van der Waals surface area contributed by atoms with Gasteiger partial charge in [0.15, 0.2) is 0 Å². The van der Waals surface area contributed by atoms with Gasteiger partial charge in [-0.2, -0.15) is 18.3 Å². The van der Waals surface area contributed by atoms with Crippen molar-refractivity contribution in [1.29, 1.82) is 0 Å². The predicted octanol–water partition coefficient (Wildman–Crippen LogP) is 2.62. The number of amides is 1. The predicted molar refractivity (Wildman–Crippen MR) is 115 cm³/mol. The zero-order valence-electron chi connectivity index (χ0n) is 18.8. The second-order valence-electron chi connectivity index (χ2n) is 8.82. The average Bonchev–Trinajstić information content (AvgIpc) is 3.27. The minimum Gasteiger partial charge on any atom is -0.366 e. The van der Waals surface area contributed by atoms with E-state index in [1.807, 2.05) is 10.00 Å². The van der Waals surface area contributed by atoms with E-state index < -0.39 is 23.2 Å². The van der Waals surface area contributed by atoms with Gasteiger partial charge in [0.2, 0.25) is 11.9 Å². The first kappa shape index (κ1) is 24.8. The van der Waals surface area contributed by atoms with Crippen LogP contribution in [0.3, 0.4) is 0 Å². The van der Waals surface area contributed by atoms with Crippen molar-refractivity contribution in [2.24, 2.45) is 5.92 Å². The number of aromatic amines is 1. The van der Waals surface area contributed by atoms with Gasteiger partial charge < -0.3 is 15.1 Å². The van der Waals surface area contributed by atoms with Gasteiger partial charge in [-0.1, -0.05) is 0 Å². The highest BCUT2D eigenvalue weighted by Gasteiger charge is 2.37. The number of nitrogens with one attached hydrogen (secondary N) is 2. The lowest BCUT2D eigenvalue weighted by Gasteiger charge is -2.36. The molecular formula is C21H24F5N7O2. The fourth-order valence-electron chi connectivity index (χ4n) is 4.33. The topological polar surface area (TPSA) is 107 Å². The molecule has 1 amide bonds. The number of alkyl halides is 5. The van der Waals surface area contributed by atoms with Crippen LogP contribution in [-0.4, -0.2) is 63.2 Å². The van der Waals surface area contributed by atoms with Crippen molar-refractivity contribution in [3.63, 3.8) is 0 Å². The molecule has 2 N–H and O–H groups in total. The molecule has 2 atom stereocenters. The van der Waals surface area contributed by atoms with Crippen molar-refractivity contribution in [3.05, 3.63) is 39.9 Å². The monoisotopic (exact) mass is 501 g/mol. The Morgan fingerprint density at radius 1 is 1.09 bits per heavy atom. The van der Waals surface area contributed by atoms with Crippen LogP contribution in [0.5, 0.6) is 0 Å². The molecule has 0 spiro atoms. The van der Waals surface area contributed by atoms with Gasteiger partial charge >= 0.3 is 6.18 Å². The molecule has 3 heterocycles. The van der Waals surface area contributed by atoms with E-state index >= 15 is 0 Å². The van der Waals surface area contributed by atoms with Crippen LogP contribution >= 0.6 is 0 Å². The molecule has 0 bridgehead atoms. The third-order valence-electron chi connectivity index (χ3n) is 6.26. The number of rotatable bonds is 5. The van der Waals surface area contributed by atoms with Crippen LogP contribution < -0.4 is 15.8 Å². The van der Waals surface area contributed by atoms with E-state index in [-0.39, 0.29) is 29.2 Å². The maximum atomic E-state index is 13.3. The molecule has 0 unspecified atom stereocenters. The number of nitrogens with zero attached hydrogens (tertiary/aromatic N) is 5. The summed E-state index contributed by atoms with van der Waals surface area (Å²) in [4.78, 5) is 35.9. The van der Waals surface area contributed by atoms with E-state index in [1.54, 1.807) is 4.90 Å². The first-order valence-corrected chi connectivity index (χ1v) is 11.1. The van der Waals surface area contributed by atoms with E-state index in [0.29, 0.717) is 57.5 Å². The first-order valence-electron chi connectivity index (χ1n) is 11.1. The minimum absolute atomic E-state index is 0.0405. The van der Waals surface area contributed by atoms with E-state index in [9.17, 15) is 31.5 Å². The number of hydrogen-bond acceptors (Lipinski definition) is 7. The van der Waals surface area contributed by atoms with Crippen molar-refractivity contribution in [3.8, 4) is 0 Å². The zero-order chi connectivity index (χ0) is 25.4. The molecule has 9 nitrogen and oxygen atoms in total. The molecule has 2 aliphatic rings. The summed E-state index contributed by atoms with van der Waals surface area (Å²) in [6.07, 6.45) is -1.03. The zero-order valence-corrected chi connectivity index (χ0v) is 18.8. The van der Waals surface area contributed by atoms with Crippen molar-refractivity contribution in [2.45, 2.75) is 44.3 Å². The molecule has 2 aromatic rings. The van der Waals surface area contributed by atoms with Gasteiger partial charge in [-0.05, 0) is 19.3 Å². The molecule has 35 heavy (non-hydrogen) atoms. The molecule has 2 aromatic heterocycles. The highest BCUT2D eigenvalue weighted by atomic mass is 19.4. The summed E-state index contributed by atoms with van der Waals surface area (Å²) in [6, 6.07) is 0.414. The van der Waals surface area contributed by atoms with Crippen LogP contribution in [0, 0.1) is 5.92 Å². The van der Waals surface area contributed by atoms with Crippen LogP contribution in [0.2, 0.25) is 0 Å². The van der Waals surface area contributed by atoms with Crippen LogP contribution in [-0.2, 0) is 16.9 Å². The normalized spacial score (nSPS) is 21.3. The molecule has 1 saturated carbocycles. The molecule has 0 radical (unpaired) electrons. The third-order valence-corrected chi connectivity index (χ3v) is 6.26. The Hall–Kier alpha value is -3.32. The summed E-state index contributed by atoms with van der Waals surface area (Å²) in [5.74, 6) is -3.13. The second kappa shape index (κ2) is 9.38. The summed E-state index contributed by atoms with van der Waals surface area (Å²) < 4.78 is 65.5. The third kappa shape index (κ3) is 5.68. The summed E-state index contributed by atoms with van der Waals surface area (Å²) in [5, 5.41) is 8.36. The maximum absolute atomic E-state index is 13.3. The molecule has 14 heteroatoms. The van der Waals surface area contributed by atoms with Crippen LogP contribution in [0.1, 0.15) is 37.3 Å². The van der Waals surface area contributed by atoms with Crippen molar-refractivity contribution >= 4 is 17.7 Å². The van der Waals surface area contributed by atoms with E-state index in [0.717, 1.165) is 19.3 Å². The lowest BCUT2D eigenvalue weighted by Crippen LogP contribution is -2.50. The first-order chi connectivity index (χ1) is 16.4. The Morgan fingerprint density at radius 3 is 2.34 bits per heavy atom. The van der Waals surface area contributed by atoms with Crippen molar-refractivity contribution in [2.75, 3.05) is 36.4 Å². The summed E-state index contributed by atoms with van der Waals surface area (Å²) in [6.45, 7) is 2.50. The van der Waals surface area contributed by atoms with Crippen LogP contribution in [0.25, 0.3) is 0 Å². The van der Waals surface area contributed by atoms with E-state index in [1.165, 1.54) is 0 Å². The Bertz CT molecular complexity index is 1110. The quantitative estimate of drug-likeness (QED) is 0.607. The number of halogens is 5. The molecule has 0 aromatic carbocycles. The van der Waals surface area contributed by atoms with Crippen molar-refractivity contribution in [1.82, 2.24) is 25.1 Å². The van der Waals surface area contributed by atoms with E-state index in [4.69, 9.17) is 0 Å². The smallest absolute Gasteiger partial charge is 0.366 e. The summed E-state index contributed by atoms with van der Waals surface area (Å²) in [7, 11) is 0. The molecular weight excluding hydrogens is 477 g/mol. The number of piperazine rings is 1. The Morgan fingerprint density at radius 2 is 1.74 bits per heavy atom. The number of carbonyl (C=O) groups is 1. The lowest BCUT2D eigenvalue weighted by molar-refractivity contribution is -0.138. The summed E-state index contributed by atoms with van der Waals surface area (Å²) >= 11 is 0. The number of carbonyl (C=O) groups excluding carboxylic acids is 1. The highest BCUT2D eigenvalue weighted by Crippen LogP contribution is 2.32. The fourth-order valence-corrected chi connectivity index (χ4v) is 4.33. The maximum Gasteiger partial charge on any atom is 0.421 e. The molecule has 1 saturated heterocycles. The van der Waals surface area contributed by atoms with Gasteiger partial charge in [-0.3, -0.25) is 9.59 Å². The van der Waals surface area contributed by atoms with Crippen molar-refractivity contribution < 1.29 is 26.7 Å². The fraction of sp³-hybridized carbons (Fsp3) is 0.571. The number of anilines is 2. The summed E-state index contributed by atoms with van der Waals surface area (Å²) in [5.41, 5.74) is -2.92. The highest BCUT2D eigenvalue weighted by molar-refractivity contribution is 5.79. The number of H-pyrrole nitrogens is 1. The van der Waals surface area contributed by atoms with Crippen LogP contribution in [0.15, 0.2) is 23.3 Å². The van der Waals surface area contributed by atoms with Gasteiger partial charge in [-0.15, -0.1) is 0 Å². The van der Waals surface area contributed by atoms with Gasteiger partial charge in [0.1, 0.15) is 11.4 Å². The average molecular weight is 501 g/mol. The van der Waals surface area contributed by atoms with E-state index in [2.05, 4.69) is 20.4 Å². The minimum atomic E-state index is -4.79. The molecule has 1 aliphatic heterocycles. The molecule has 1 aliphatic carbocycles. The Kier molecular flexibility index (Phi) is 6.64. The van der Waals surface area contributed by atoms with Gasteiger partial charge in [-0.25, -0.2) is 23.8 Å². The van der Waals surface area contributed by atoms with Gasteiger partial charge in [0.25, 0.3) is 11.5 Å². The SMILES string of the molecule is CC(F)(F)c1cnc(N2CCN(C(=O)[C@H]3CC[C@@H](Nc4cc(C(F)(F)F)c(=O)[nH]n4)C3)CC2)nc1. The van der Waals surface area contributed by atoms with Gasteiger partial charge in [0.05, 0.1) is 5.56 Å². The number of aromatic nitrogens is 4.